The van der Waals surface area contributed by atoms with Gasteiger partial charge in [-0.15, -0.1) is 0 Å². The number of nitrogens with one attached hydrogen (secondary N) is 1. The summed E-state index contributed by atoms with van der Waals surface area (Å²) in [5.74, 6) is -0.190. The van der Waals surface area contributed by atoms with Crippen LogP contribution in [0.1, 0.15) is 63.2 Å². The van der Waals surface area contributed by atoms with Crippen molar-refractivity contribution in [3.8, 4) is 0 Å². The molecule has 7 heteroatoms. The Kier molecular flexibility index (Phi) is 8.10. The van der Waals surface area contributed by atoms with Crippen molar-refractivity contribution in [3.63, 3.8) is 0 Å². The van der Waals surface area contributed by atoms with Crippen LogP contribution in [0.3, 0.4) is 0 Å². The monoisotopic (exact) mass is 395 g/mol. The molecular weight excluding hydrogens is 362 g/mol. The zero-order chi connectivity index (χ0) is 19.9. The lowest BCUT2D eigenvalue weighted by Gasteiger charge is -2.23. The number of carbonyl (C=O) groups excluding carboxylic acids is 1. The highest BCUT2D eigenvalue weighted by molar-refractivity contribution is 7.89. The van der Waals surface area contributed by atoms with Gasteiger partial charge in [-0.1, -0.05) is 33.6 Å². The fourth-order valence-electron chi connectivity index (χ4n) is 3.48. The van der Waals surface area contributed by atoms with E-state index < -0.39 is 10.0 Å². The maximum absolute atomic E-state index is 12.9. The molecule has 1 aliphatic rings. The van der Waals surface area contributed by atoms with E-state index in [9.17, 15) is 13.2 Å². The number of sulfonamides is 1. The molecule has 1 aliphatic heterocycles. The molecule has 0 unspecified atom stereocenters. The van der Waals surface area contributed by atoms with Gasteiger partial charge in [0.05, 0.1) is 10.5 Å². The molecule has 0 radical (unpaired) electrons. The van der Waals surface area contributed by atoms with Crippen molar-refractivity contribution >= 4 is 21.6 Å². The van der Waals surface area contributed by atoms with Gasteiger partial charge in [-0.05, 0) is 37.5 Å². The molecule has 1 aromatic rings. The lowest BCUT2D eigenvalue weighted by Crippen LogP contribution is -2.32. The van der Waals surface area contributed by atoms with Gasteiger partial charge in [-0.2, -0.15) is 4.31 Å². The molecule has 1 heterocycles. The van der Waals surface area contributed by atoms with E-state index in [0.717, 1.165) is 50.9 Å². The topological polar surface area (TPSA) is 69.7 Å². The number of hydrogen-bond donors (Lipinski definition) is 1. The molecule has 0 spiro atoms. The molecular formula is C20H33N3O3S. The minimum atomic E-state index is -3.59. The molecule has 1 saturated heterocycles. The van der Waals surface area contributed by atoms with Crippen molar-refractivity contribution in [1.82, 2.24) is 9.62 Å². The summed E-state index contributed by atoms with van der Waals surface area (Å²) in [4.78, 5) is 15.2. The quantitative estimate of drug-likeness (QED) is 0.618. The number of nitrogens with zero attached hydrogens (tertiary/aromatic N) is 2. The van der Waals surface area contributed by atoms with E-state index in [2.05, 4.69) is 17.1 Å². The summed E-state index contributed by atoms with van der Waals surface area (Å²) in [6.45, 7) is 8.99. The van der Waals surface area contributed by atoms with E-state index in [1.807, 2.05) is 13.8 Å². The van der Waals surface area contributed by atoms with Gasteiger partial charge in [0.1, 0.15) is 0 Å². The van der Waals surface area contributed by atoms with Gasteiger partial charge in [0.15, 0.2) is 0 Å². The molecule has 1 amide bonds. The summed E-state index contributed by atoms with van der Waals surface area (Å²) in [5.41, 5.74) is 1.29. The molecule has 0 bridgehead atoms. The average Bonchev–Trinajstić information content (AvgIpc) is 3.20. The Morgan fingerprint density at radius 1 is 1.11 bits per heavy atom. The van der Waals surface area contributed by atoms with E-state index in [1.54, 1.807) is 18.2 Å². The third-order valence-electron chi connectivity index (χ3n) is 5.07. The van der Waals surface area contributed by atoms with Crippen LogP contribution in [0, 0.1) is 0 Å². The second kappa shape index (κ2) is 10.1. The van der Waals surface area contributed by atoms with Crippen LogP contribution in [0.25, 0.3) is 0 Å². The highest BCUT2D eigenvalue weighted by Crippen LogP contribution is 2.28. The third kappa shape index (κ3) is 5.23. The first-order chi connectivity index (χ1) is 13.0. The minimum Gasteiger partial charge on any atom is -0.371 e. The van der Waals surface area contributed by atoms with E-state index in [-0.39, 0.29) is 10.8 Å². The van der Waals surface area contributed by atoms with Gasteiger partial charge in [0.25, 0.3) is 5.91 Å². The molecule has 2 rings (SSSR count). The zero-order valence-corrected chi connectivity index (χ0v) is 17.6. The van der Waals surface area contributed by atoms with Gasteiger partial charge < -0.3 is 10.2 Å². The second-order valence-electron chi connectivity index (χ2n) is 6.93. The van der Waals surface area contributed by atoms with Crippen LogP contribution in [-0.2, 0) is 10.0 Å². The Balaban J connectivity index is 2.35. The Labute approximate surface area is 164 Å². The highest BCUT2D eigenvalue weighted by Gasteiger charge is 2.26. The second-order valence-corrected chi connectivity index (χ2v) is 8.86. The first kappa shape index (κ1) is 21.7. The number of benzene rings is 1. The van der Waals surface area contributed by atoms with Crippen LogP contribution < -0.4 is 10.2 Å². The van der Waals surface area contributed by atoms with Gasteiger partial charge in [0, 0.05) is 38.4 Å². The molecule has 0 saturated carbocycles. The molecule has 0 aromatic heterocycles. The average molecular weight is 396 g/mol. The van der Waals surface area contributed by atoms with Crippen molar-refractivity contribution in [3.05, 3.63) is 23.8 Å². The lowest BCUT2D eigenvalue weighted by molar-refractivity contribution is 0.0953. The SMILES string of the molecule is CCCCCNC(=O)c1cc(S(=O)(=O)N(CC)CC)ccc1N1CCCC1. The molecule has 1 N–H and O–H groups in total. The van der Waals surface area contributed by atoms with Gasteiger partial charge in [-0.3, -0.25) is 4.79 Å². The predicted molar refractivity (Wildman–Crippen MR) is 110 cm³/mol. The van der Waals surface area contributed by atoms with Gasteiger partial charge in [0.2, 0.25) is 10.0 Å². The first-order valence-electron chi connectivity index (χ1n) is 10.1. The molecule has 27 heavy (non-hydrogen) atoms. The number of unbranched alkanes of at least 4 members (excludes halogenated alkanes) is 2. The van der Waals surface area contributed by atoms with Crippen LogP contribution in [0.5, 0.6) is 0 Å². The fraction of sp³-hybridized carbons (Fsp3) is 0.650. The molecule has 0 aliphatic carbocycles. The van der Waals surface area contributed by atoms with Gasteiger partial charge >= 0.3 is 0 Å². The molecule has 0 atom stereocenters. The number of rotatable bonds is 10. The van der Waals surface area contributed by atoms with Crippen LogP contribution >= 0.6 is 0 Å². The maximum atomic E-state index is 12.9. The standard InChI is InChI=1S/C20H33N3O3S/c1-4-7-8-13-21-20(24)18-16-17(27(25,26)23(5-2)6-3)11-12-19(18)22-14-9-10-15-22/h11-12,16H,4-10,13-15H2,1-3H3,(H,21,24). The van der Waals surface area contributed by atoms with E-state index in [1.165, 1.54) is 4.31 Å². The first-order valence-corrected chi connectivity index (χ1v) is 11.6. The lowest BCUT2D eigenvalue weighted by atomic mass is 10.1. The minimum absolute atomic E-state index is 0.188. The van der Waals surface area contributed by atoms with Crippen LogP contribution in [0.2, 0.25) is 0 Å². The van der Waals surface area contributed by atoms with Crippen LogP contribution in [0.15, 0.2) is 23.1 Å². The maximum Gasteiger partial charge on any atom is 0.253 e. The highest BCUT2D eigenvalue weighted by atomic mass is 32.2. The largest absolute Gasteiger partial charge is 0.371 e. The van der Waals surface area contributed by atoms with Crippen molar-refractivity contribution in [2.75, 3.05) is 37.6 Å². The smallest absolute Gasteiger partial charge is 0.253 e. The molecule has 1 fully saturated rings. The van der Waals surface area contributed by atoms with Crippen LogP contribution in [-0.4, -0.2) is 51.4 Å². The number of hydrogen-bond acceptors (Lipinski definition) is 4. The van der Waals surface area contributed by atoms with Crippen molar-refractivity contribution < 1.29 is 13.2 Å². The molecule has 1 aromatic carbocycles. The van der Waals surface area contributed by atoms with E-state index in [4.69, 9.17) is 0 Å². The number of carbonyl (C=O) groups is 1. The van der Waals surface area contributed by atoms with Crippen LogP contribution in [0.4, 0.5) is 5.69 Å². The third-order valence-corrected chi connectivity index (χ3v) is 7.11. The predicted octanol–water partition coefficient (Wildman–Crippen LogP) is 3.24. The summed E-state index contributed by atoms with van der Waals surface area (Å²) in [6.07, 6.45) is 5.27. The number of amides is 1. The van der Waals surface area contributed by atoms with Gasteiger partial charge in [-0.25, -0.2) is 8.42 Å². The fourth-order valence-corrected chi connectivity index (χ4v) is 4.96. The summed E-state index contributed by atoms with van der Waals surface area (Å²) < 4.78 is 27.2. The molecule has 6 nitrogen and oxygen atoms in total. The summed E-state index contributed by atoms with van der Waals surface area (Å²) in [5, 5.41) is 2.96. The van der Waals surface area contributed by atoms with E-state index >= 15 is 0 Å². The molecule has 152 valence electrons. The summed E-state index contributed by atoms with van der Waals surface area (Å²) in [6, 6.07) is 4.98. The van der Waals surface area contributed by atoms with E-state index in [0.29, 0.717) is 25.2 Å². The Morgan fingerprint density at radius 3 is 2.37 bits per heavy atom. The number of anilines is 1. The summed E-state index contributed by atoms with van der Waals surface area (Å²) >= 11 is 0. The normalized spacial score (nSPS) is 14.7. The Bertz CT molecular complexity index is 724. The van der Waals surface area contributed by atoms with Crippen molar-refractivity contribution in [2.45, 2.75) is 57.8 Å². The Hall–Kier alpha value is -1.60. The summed E-state index contributed by atoms with van der Waals surface area (Å²) in [7, 11) is -3.59. The van der Waals surface area contributed by atoms with Crippen molar-refractivity contribution in [2.24, 2.45) is 0 Å². The zero-order valence-electron chi connectivity index (χ0n) is 16.8. The Morgan fingerprint density at radius 2 is 1.78 bits per heavy atom. The van der Waals surface area contributed by atoms with Crippen molar-refractivity contribution in [1.29, 1.82) is 0 Å².